The van der Waals surface area contributed by atoms with Crippen LogP contribution in [0.1, 0.15) is 30.3 Å². The van der Waals surface area contributed by atoms with Gasteiger partial charge in [-0.15, -0.1) is 0 Å². The molecule has 0 N–H and O–H groups in total. The van der Waals surface area contributed by atoms with Gasteiger partial charge < -0.3 is 0 Å². The van der Waals surface area contributed by atoms with E-state index in [1.807, 2.05) is 0 Å². The zero-order valence-electron chi connectivity index (χ0n) is 7.10. The van der Waals surface area contributed by atoms with Crippen LogP contribution in [0.5, 0.6) is 0 Å². The molecule has 0 bridgehead atoms. The van der Waals surface area contributed by atoms with Crippen LogP contribution in [0, 0.1) is 6.92 Å². The van der Waals surface area contributed by atoms with Crippen LogP contribution in [0.2, 0.25) is 0 Å². The van der Waals surface area contributed by atoms with Gasteiger partial charge in [0.05, 0.1) is 6.04 Å². The second-order valence-corrected chi connectivity index (χ2v) is 3.34. The van der Waals surface area contributed by atoms with Crippen molar-refractivity contribution < 1.29 is 13.2 Å². The number of nitrogens with zero attached hydrogens (tertiary/aromatic N) is 2. The van der Waals surface area contributed by atoms with E-state index < -0.39 is 11.9 Å². The van der Waals surface area contributed by atoms with Gasteiger partial charge in [0, 0.05) is 5.69 Å². The first-order chi connectivity index (χ1) is 5.98. The molecule has 0 aliphatic heterocycles. The number of halogens is 3. The largest absolute Gasteiger partial charge is 0.435 e. The van der Waals surface area contributed by atoms with Gasteiger partial charge in [-0.25, -0.2) is 0 Å². The molecule has 1 saturated carbocycles. The van der Waals surface area contributed by atoms with Crippen LogP contribution in [-0.4, -0.2) is 9.78 Å². The van der Waals surface area contributed by atoms with Crippen LogP contribution in [0.15, 0.2) is 6.07 Å². The summed E-state index contributed by atoms with van der Waals surface area (Å²) in [6.45, 7) is 1.65. The highest BCUT2D eigenvalue weighted by Gasteiger charge is 2.36. The Morgan fingerprint density at radius 1 is 1.46 bits per heavy atom. The van der Waals surface area contributed by atoms with Gasteiger partial charge in [-0.3, -0.25) is 4.68 Å². The van der Waals surface area contributed by atoms with Crippen LogP contribution in [0.25, 0.3) is 0 Å². The summed E-state index contributed by atoms with van der Waals surface area (Å²) in [7, 11) is 0. The molecule has 72 valence electrons. The second kappa shape index (κ2) is 2.49. The number of aromatic nitrogens is 2. The number of hydrogen-bond donors (Lipinski definition) is 0. The minimum absolute atomic E-state index is 0.205. The Hall–Kier alpha value is -1.00. The Labute approximate surface area is 73.4 Å². The van der Waals surface area contributed by atoms with E-state index in [4.69, 9.17) is 0 Å². The molecule has 1 aliphatic rings. The molecule has 5 heteroatoms. The summed E-state index contributed by atoms with van der Waals surface area (Å²) >= 11 is 0. The summed E-state index contributed by atoms with van der Waals surface area (Å²) in [6, 6.07) is 1.30. The predicted octanol–water partition coefficient (Wildman–Crippen LogP) is 2.55. The zero-order chi connectivity index (χ0) is 9.64. The summed E-state index contributed by atoms with van der Waals surface area (Å²) in [5.41, 5.74) is -0.188. The maximum absolute atomic E-state index is 12.2. The molecule has 0 aromatic carbocycles. The first-order valence-corrected chi connectivity index (χ1v) is 4.12. The van der Waals surface area contributed by atoms with Gasteiger partial charge in [0.25, 0.3) is 0 Å². The SMILES string of the molecule is Cc1cc(C(F)(F)F)nn1C1CC1. The standard InChI is InChI=1S/C8H9F3N2/c1-5-4-7(8(9,10)11)12-13(5)6-2-3-6/h4,6H,2-3H2,1H3. The fraction of sp³-hybridized carbons (Fsp3) is 0.625. The van der Waals surface area contributed by atoms with Crippen LogP contribution in [0.3, 0.4) is 0 Å². The fourth-order valence-corrected chi connectivity index (χ4v) is 1.32. The molecule has 13 heavy (non-hydrogen) atoms. The molecule has 1 aromatic heterocycles. The number of aryl methyl sites for hydroxylation is 1. The van der Waals surface area contributed by atoms with E-state index in [0.29, 0.717) is 5.69 Å². The lowest BCUT2D eigenvalue weighted by Crippen LogP contribution is -2.07. The van der Waals surface area contributed by atoms with Gasteiger partial charge in [0.2, 0.25) is 0 Å². The quantitative estimate of drug-likeness (QED) is 0.665. The minimum Gasteiger partial charge on any atom is -0.266 e. The van der Waals surface area contributed by atoms with E-state index in [0.717, 1.165) is 18.9 Å². The van der Waals surface area contributed by atoms with Crippen LogP contribution < -0.4 is 0 Å². The van der Waals surface area contributed by atoms with Gasteiger partial charge in [-0.05, 0) is 25.8 Å². The van der Waals surface area contributed by atoms with E-state index in [-0.39, 0.29) is 6.04 Å². The van der Waals surface area contributed by atoms with E-state index in [1.54, 1.807) is 6.92 Å². The van der Waals surface area contributed by atoms with E-state index in [1.165, 1.54) is 4.68 Å². The third-order valence-corrected chi connectivity index (χ3v) is 2.11. The van der Waals surface area contributed by atoms with Crippen molar-refractivity contribution in [2.45, 2.75) is 32.0 Å². The van der Waals surface area contributed by atoms with Crippen LogP contribution >= 0.6 is 0 Å². The Morgan fingerprint density at radius 3 is 2.46 bits per heavy atom. The molecule has 2 rings (SSSR count). The average molecular weight is 190 g/mol. The lowest BCUT2D eigenvalue weighted by atomic mass is 10.4. The molecule has 0 spiro atoms. The average Bonchev–Trinajstić information content (AvgIpc) is 2.73. The first kappa shape index (κ1) is 8.59. The summed E-state index contributed by atoms with van der Waals surface area (Å²) in [5, 5.41) is 3.53. The van der Waals surface area contributed by atoms with Gasteiger partial charge in [0.1, 0.15) is 0 Å². The van der Waals surface area contributed by atoms with Gasteiger partial charge in [0.15, 0.2) is 5.69 Å². The third-order valence-electron chi connectivity index (χ3n) is 2.11. The molecule has 1 heterocycles. The van der Waals surface area contributed by atoms with E-state index in [9.17, 15) is 13.2 Å². The molecule has 0 atom stereocenters. The predicted molar refractivity (Wildman–Crippen MR) is 40.2 cm³/mol. The van der Waals surface area contributed by atoms with Crippen molar-refractivity contribution in [3.05, 3.63) is 17.5 Å². The molecule has 0 amide bonds. The maximum Gasteiger partial charge on any atom is 0.435 e. The monoisotopic (exact) mass is 190 g/mol. The van der Waals surface area contributed by atoms with Gasteiger partial charge in [-0.1, -0.05) is 0 Å². The van der Waals surface area contributed by atoms with Crippen molar-refractivity contribution in [2.75, 3.05) is 0 Å². The summed E-state index contributed by atoms with van der Waals surface area (Å²) in [6.07, 6.45) is -2.43. The highest BCUT2D eigenvalue weighted by molar-refractivity contribution is 5.13. The molecule has 0 saturated heterocycles. The fourth-order valence-electron chi connectivity index (χ4n) is 1.32. The molecular formula is C8H9F3N2. The molecule has 1 aliphatic carbocycles. The molecule has 2 nitrogen and oxygen atoms in total. The van der Waals surface area contributed by atoms with Crippen molar-refractivity contribution in [2.24, 2.45) is 0 Å². The van der Waals surface area contributed by atoms with Crippen LogP contribution in [0.4, 0.5) is 13.2 Å². The number of hydrogen-bond acceptors (Lipinski definition) is 1. The molecule has 0 unspecified atom stereocenters. The van der Waals surface area contributed by atoms with Gasteiger partial charge >= 0.3 is 6.18 Å². The van der Waals surface area contributed by atoms with Crippen molar-refractivity contribution in [3.8, 4) is 0 Å². The molecule has 0 radical (unpaired) electrons. The minimum atomic E-state index is -4.31. The van der Waals surface area contributed by atoms with E-state index >= 15 is 0 Å². The Kier molecular flexibility index (Phi) is 1.65. The topological polar surface area (TPSA) is 17.8 Å². The Morgan fingerprint density at radius 2 is 2.08 bits per heavy atom. The highest BCUT2D eigenvalue weighted by atomic mass is 19.4. The summed E-state index contributed by atoms with van der Waals surface area (Å²) in [4.78, 5) is 0. The van der Waals surface area contributed by atoms with Crippen molar-refractivity contribution in [3.63, 3.8) is 0 Å². The lowest BCUT2D eigenvalue weighted by Gasteiger charge is -2.01. The lowest BCUT2D eigenvalue weighted by molar-refractivity contribution is -0.141. The Bertz CT molecular complexity index is 323. The maximum atomic E-state index is 12.2. The van der Waals surface area contributed by atoms with Crippen molar-refractivity contribution in [1.29, 1.82) is 0 Å². The first-order valence-electron chi connectivity index (χ1n) is 4.12. The number of alkyl halides is 3. The molecule has 1 aromatic rings. The van der Waals surface area contributed by atoms with Crippen molar-refractivity contribution >= 4 is 0 Å². The van der Waals surface area contributed by atoms with Crippen molar-refractivity contribution in [1.82, 2.24) is 9.78 Å². The normalized spacial score (nSPS) is 17.8. The summed E-state index contributed by atoms with van der Waals surface area (Å²) in [5.74, 6) is 0. The Balaban J connectivity index is 2.34. The smallest absolute Gasteiger partial charge is 0.266 e. The van der Waals surface area contributed by atoms with E-state index in [2.05, 4.69) is 5.10 Å². The van der Waals surface area contributed by atoms with Gasteiger partial charge in [-0.2, -0.15) is 18.3 Å². The number of rotatable bonds is 1. The second-order valence-electron chi connectivity index (χ2n) is 3.34. The zero-order valence-corrected chi connectivity index (χ0v) is 7.10. The third kappa shape index (κ3) is 1.55. The summed E-state index contributed by atoms with van der Waals surface area (Å²) < 4.78 is 38.0. The van der Waals surface area contributed by atoms with Crippen LogP contribution in [-0.2, 0) is 6.18 Å². The molecule has 1 fully saturated rings. The highest BCUT2D eigenvalue weighted by Crippen LogP contribution is 2.37. The molecular weight excluding hydrogens is 181 g/mol.